The predicted molar refractivity (Wildman–Crippen MR) is 74.4 cm³/mol. The maximum atomic E-state index is 12.1. The van der Waals surface area contributed by atoms with Crippen LogP contribution < -0.4 is 5.32 Å². The van der Waals surface area contributed by atoms with E-state index in [0.29, 0.717) is 26.4 Å². The number of hydrogen-bond acceptors (Lipinski definition) is 5. The van der Waals surface area contributed by atoms with Crippen LogP contribution in [-0.2, 0) is 19.0 Å². The van der Waals surface area contributed by atoms with Crippen molar-refractivity contribution in [2.24, 2.45) is 0 Å². The molecule has 0 radical (unpaired) electrons. The second kappa shape index (κ2) is 7.36. The minimum Gasteiger partial charge on any atom is -0.385 e. The van der Waals surface area contributed by atoms with E-state index in [2.05, 4.69) is 10.2 Å². The smallest absolute Gasteiger partial charge is 0.237 e. The van der Waals surface area contributed by atoms with Crippen LogP contribution in [0.25, 0.3) is 0 Å². The highest BCUT2D eigenvalue weighted by Crippen LogP contribution is 2.31. The van der Waals surface area contributed by atoms with Crippen molar-refractivity contribution in [2.45, 2.75) is 38.0 Å². The van der Waals surface area contributed by atoms with Crippen molar-refractivity contribution < 1.29 is 19.0 Å². The first-order chi connectivity index (χ1) is 9.67. The van der Waals surface area contributed by atoms with Gasteiger partial charge in [0.25, 0.3) is 0 Å². The van der Waals surface area contributed by atoms with Crippen LogP contribution in [0.5, 0.6) is 0 Å². The first kappa shape index (κ1) is 15.7. The molecule has 20 heavy (non-hydrogen) atoms. The highest BCUT2D eigenvalue weighted by molar-refractivity contribution is 5.81. The standard InChI is InChI=1S/C14H26N2O4/c1-12(13(17)15-6-3-9-18-2)16-7-4-14(5-8-16)19-10-11-20-14/h12H,3-11H2,1-2H3,(H,15,17). The number of nitrogens with one attached hydrogen (secondary N) is 1. The number of nitrogens with zero attached hydrogens (tertiary/aromatic N) is 1. The molecule has 1 N–H and O–H groups in total. The van der Waals surface area contributed by atoms with Crippen molar-refractivity contribution in [3.8, 4) is 0 Å². The van der Waals surface area contributed by atoms with Crippen molar-refractivity contribution in [3.05, 3.63) is 0 Å². The topological polar surface area (TPSA) is 60.0 Å². The molecule has 6 heteroatoms. The Morgan fingerprint density at radius 1 is 1.35 bits per heavy atom. The minimum absolute atomic E-state index is 0.0883. The Morgan fingerprint density at radius 2 is 2.00 bits per heavy atom. The predicted octanol–water partition coefficient (Wildman–Crippen LogP) is 0.367. The number of piperidine rings is 1. The van der Waals surface area contributed by atoms with Crippen molar-refractivity contribution in [2.75, 3.05) is 46.6 Å². The van der Waals surface area contributed by atoms with Crippen LogP contribution in [0.1, 0.15) is 26.2 Å². The van der Waals surface area contributed by atoms with E-state index in [4.69, 9.17) is 14.2 Å². The van der Waals surface area contributed by atoms with Crippen molar-refractivity contribution >= 4 is 5.91 Å². The number of ether oxygens (including phenoxy) is 3. The van der Waals surface area contributed by atoms with Crippen LogP contribution in [0.4, 0.5) is 0 Å². The lowest BCUT2D eigenvalue weighted by Gasteiger charge is -2.39. The van der Waals surface area contributed by atoms with E-state index >= 15 is 0 Å². The molecule has 1 spiro atoms. The molecule has 0 aromatic rings. The highest BCUT2D eigenvalue weighted by atomic mass is 16.7. The fraction of sp³-hybridized carbons (Fsp3) is 0.929. The fourth-order valence-corrected chi connectivity index (χ4v) is 2.78. The molecular weight excluding hydrogens is 260 g/mol. The summed E-state index contributed by atoms with van der Waals surface area (Å²) in [5.74, 6) is -0.282. The van der Waals surface area contributed by atoms with Gasteiger partial charge < -0.3 is 19.5 Å². The zero-order valence-electron chi connectivity index (χ0n) is 12.5. The van der Waals surface area contributed by atoms with Gasteiger partial charge in [-0.3, -0.25) is 9.69 Å². The van der Waals surface area contributed by atoms with Gasteiger partial charge in [-0.25, -0.2) is 0 Å². The quantitative estimate of drug-likeness (QED) is 0.715. The minimum atomic E-state index is -0.370. The molecule has 1 atom stereocenters. The molecule has 2 aliphatic rings. The number of amides is 1. The molecule has 6 nitrogen and oxygen atoms in total. The Balaban J connectivity index is 1.70. The molecular formula is C14H26N2O4. The Kier molecular flexibility index (Phi) is 5.77. The van der Waals surface area contributed by atoms with Gasteiger partial charge in [-0.05, 0) is 13.3 Å². The molecule has 1 amide bonds. The Bertz CT molecular complexity index is 308. The van der Waals surface area contributed by atoms with E-state index < -0.39 is 0 Å². The van der Waals surface area contributed by atoms with Crippen LogP contribution in [0.2, 0.25) is 0 Å². The monoisotopic (exact) mass is 286 g/mol. The number of rotatable bonds is 6. The van der Waals surface area contributed by atoms with Crippen molar-refractivity contribution in [1.82, 2.24) is 10.2 Å². The Morgan fingerprint density at radius 3 is 2.60 bits per heavy atom. The highest BCUT2D eigenvalue weighted by Gasteiger charge is 2.41. The van der Waals surface area contributed by atoms with Gasteiger partial charge in [0.2, 0.25) is 5.91 Å². The number of carbonyl (C=O) groups is 1. The van der Waals surface area contributed by atoms with Gasteiger partial charge in [-0.15, -0.1) is 0 Å². The molecule has 0 saturated carbocycles. The number of hydrogen-bond donors (Lipinski definition) is 1. The normalized spacial score (nSPS) is 23.9. The molecule has 0 aromatic carbocycles. The van der Waals surface area contributed by atoms with E-state index in [-0.39, 0.29) is 17.7 Å². The summed E-state index contributed by atoms with van der Waals surface area (Å²) in [5, 5.41) is 2.95. The summed E-state index contributed by atoms with van der Waals surface area (Å²) in [7, 11) is 1.67. The molecule has 0 aliphatic carbocycles. The summed E-state index contributed by atoms with van der Waals surface area (Å²) in [6.07, 6.45) is 2.53. The van der Waals surface area contributed by atoms with Crippen LogP contribution >= 0.6 is 0 Å². The van der Waals surface area contributed by atoms with E-state index in [1.165, 1.54) is 0 Å². The summed E-state index contributed by atoms with van der Waals surface area (Å²) < 4.78 is 16.4. The molecule has 2 heterocycles. The van der Waals surface area contributed by atoms with Gasteiger partial charge in [0.1, 0.15) is 0 Å². The van der Waals surface area contributed by atoms with Gasteiger partial charge in [0.05, 0.1) is 19.3 Å². The molecule has 2 rings (SSSR count). The van der Waals surface area contributed by atoms with Crippen LogP contribution in [0.15, 0.2) is 0 Å². The molecule has 116 valence electrons. The largest absolute Gasteiger partial charge is 0.385 e. The first-order valence-electron chi connectivity index (χ1n) is 7.45. The van der Waals surface area contributed by atoms with Crippen LogP contribution in [0.3, 0.4) is 0 Å². The summed E-state index contributed by atoms with van der Waals surface area (Å²) >= 11 is 0. The molecule has 2 saturated heterocycles. The average molecular weight is 286 g/mol. The van der Waals surface area contributed by atoms with Crippen LogP contribution in [-0.4, -0.2) is 69.2 Å². The van der Waals surface area contributed by atoms with Gasteiger partial charge in [0, 0.05) is 46.2 Å². The molecule has 0 aromatic heterocycles. The maximum absolute atomic E-state index is 12.1. The first-order valence-corrected chi connectivity index (χ1v) is 7.45. The van der Waals surface area contributed by atoms with Crippen molar-refractivity contribution in [1.29, 1.82) is 0 Å². The van der Waals surface area contributed by atoms with Crippen LogP contribution in [0, 0.1) is 0 Å². The van der Waals surface area contributed by atoms with Gasteiger partial charge in [0.15, 0.2) is 5.79 Å². The van der Waals surface area contributed by atoms with E-state index in [9.17, 15) is 4.79 Å². The fourth-order valence-electron chi connectivity index (χ4n) is 2.78. The third kappa shape index (κ3) is 3.91. The number of carbonyl (C=O) groups excluding carboxylic acids is 1. The zero-order chi connectivity index (χ0) is 14.4. The van der Waals surface area contributed by atoms with E-state index in [1.54, 1.807) is 7.11 Å². The average Bonchev–Trinajstić information content (AvgIpc) is 2.92. The summed E-state index contributed by atoms with van der Waals surface area (Å²) in [6, 6.07) is -0.101. The second-order valence-electron chi connectivity index (χ2n) is 5.46. The summed E-state index contributed by atoms with van der Waals surface area (Å²) in [4.78, 5) is 14.3. The molecule has 1 unspecified atom stereocenters. The van der Waals surface area contributed by atoms with Crippen molar-refractivity contribution in [3.63, 3.8) is 0 Å². The van der Waals surface area contributed by atoms with Gasteiger partial charge in [-0.1, -0.05) is 0 Å². The zero-order valence-corrected chi connectivity index (χ0v) is 12.5. The summed E-state index contributed by atoms with van der Waals surface area (Å²) in [5.41, 5.74) is 0. The lowest BCUT2D eigenvalue weighted by molar-refractivity contribution is -0.188. The maximum Gasteiger partial charge on any atom is 0.237 e. The SMILES string of the molecule is COCCCNC(=O)C(C)N1CCC2(CC1)OCCO2. The molecule has 0 bridgehead atoms. The van der Waals surface area contributed by atoms with Gasteiger partial charge in [-0.2, -0.15) is 0 Å². The summed E-state index contributed by atoms with van der Waals surface area (Å²) in [6.45, 7) is 6.36. The second-order valence-corrected chi connectivity index (χ2v) is 5.46. The third-order valence-electron chi connectivity index (χ3n) is 4.13. The number of likely N-dealkylation sites (tertiary alicyclic amines) is 1. The Labute approximate surface area is 120 Å². The van der Waals surface area contributed by atoms with E-state index in [1.807, 2.05) is 6.92 Å². The number of methoxy groups -OCH3 is 1. The van der Waals surface area contributed by atoms with Gasteiger partial charge >= 0.3 is 0 Å². The lowest BCUT2D eigenvalue weighted by atomic mass is 10.0. The van der Waals surface area contributed by atoms with E-state index in [0.717, 1.165) is 32.4 Å². The third-order valence-corrected chi connectivity index (χ3v) is 4.13. The Hall–Kier alpha value is -0.690. The lowest BCUT2D eigenvalue weighted by Crippen LogP contribution is -2.52. The molecule has 2 aliphatic heterocycles. The molecule has 2 fully saturated rings.